The minimum atomic E-state index is -4.08. The molecule has 0 bridgehead atoms. The topological polar surface area (TPSA) is 96.0 Å². The van der Waals surface area contributed by atoms with Gasteiger partial charge in [0.2, 0.25) is 11.8 Å². The van der Waals surface area contributed by atoms with Gasteiger partial charge in [-0.1, -0.05) is 61.9 Å². The lowest BCUT2D eigenvalue weighted by molar-refractivity contribution is -0.140. The number of hydrogen-bond acceptors (Lipinski definition) is 5. The predicted molar refractivity (Wildman–Crippen MR) is 158 cm³/mol. The second-order valence-corrected chi connectivity index (χ2v) is 11.6. The number of carbonyl (C=O) groups is 2. The van der Waals surface area contributed by atoms with E-state index in [0.29, 0.717) is 17.9 Å². The second kappa shape index (κ2) is 14.0. The number of nitrogens with zero attached hydrogens (tertiary/aromatic N) is 2. The molecule has 0 heterocycles. The number of hydrogen-bond donors (Lipinski definition) is 1. The Balaban J connectivity index is 2.03. The number of carbonyl (C=O) groups excluding carboxylic acids is 2. The van der Waals surface area contributed by atoms with Crippen molar-refractivity contribution in [1.29, 1.82) is 0 Å². The average Bonchev–Trinajstić information content (AvgIpc) is 2.96. The molecule has 3 rings (SSSR count). The van der Waals surface area contributed by atoms with E-state index >= 15 is 0 Å². The van der Waals surface area contributed by atoms with Crippen LogP contribution in [0.3, 0.4) is 0 Å². The highest BCUT2D eigenvalue weighted by atomic mass is 32.2. The molecule has 0 radical (unpaired) electrons. The van der Waals surface area contributed by atoms with Gasteiger partial charge in [0.25, 0.3) is 10.0 Å². The number of aryl methyl sites for hydroxylation is 1. The molecule has 0 saturated carbocycles. The average molecular weight is 566 g/mol. The number of ether oxygens (including phenoxy) is 1. The minimum Gasteiger partial charge on any atom is -0.497 e. The van der Waals surface area contributed by atoms with Crippen molar-refractivity contribution in [2.24, 2.45) is 0 Å². The molecule has 0 aromatic heterocycles. The van der Waals surface area contributed by atoms with Gasteiger partial charge in [0.15, 0.2) is 0 Å². The summed E-state index contributed by atoms with van der Waals surface area (Å²) in [5, 5.41) is 2.98. The van der Waals surface area contributed by atoms with Crippen LogP contribution in [0.25, 0.3) is 0 Å². The van der Waals surface area contributed by atoms with Gasteiger partial charge in [0.1, 0.15) is 18.3 Å². The van der Waals surface area contributed by atoms with Crippen molar-refractivity contribution in [3.63, 3.8) is 0 Å². The van der Waals surface area contributed by atoms with Crippen molar-refractivity contribution >= 4 is 27.5 Å². The first-order chi connectivity index (χ1) is 19.1. The van der Waals surface area contributed by atoms with Gasteiger partial charge in [-0.15, -0.1) is 0 Å². The molecule has 0 aliphatic carbocycles. The Kier molecular flexibility index (Phi) is 10.7. The van der Waals surface area contributed by atoms with Gasteiger partial charge >= 0.3 is 0 Å². The van der Waals surface area contributed by atoms with Gasteiger partial charge in [-0.05, 0) is 68.7 Å². The molecule has 40 heavy (non-hydrogen) atoms. The van der Waals surface area contributed by atoms with Crippen molar-refractivity contribution in [3.05, 3.63) is 90.0 Å². The quantitative estimate of drug-likeness (QED) is 0.317. The standard InChI is InChI=1S/C31H39N3O5S/c1-6-24(4)32-31(36)29(7-2)33(21-25-15-19-27(39-5)20-16-25)30(35)22-34(26-17-13-23(3)14-18-26)40(37,38)28-11-9-8-10-12-28/h8-20,24,29H,6-7,21-22H2,1-5H3,(H,32,36)/t24-,29-/m1/s1. The molecule has 2 amide bonds. The van der Waals surface area contributed by atoms with E-state index in [4.69, 9.17) is 4.74 Å². The van der Waals surface area contributed by atoms with Gasteiger partial charge in [0.05, 0.1) is 17.7 Å². The van der Waals surface area contributed by atoms with Gasteiger partial charge < -0.3 is 15.0 Å². The van der Waals surface area contributed by atoms with Crippen LogP contribution in [-0.2, 0) is 26.2 Å². The Bertz CT molecular complexity index is 1360. The van der Waals surface area contributed by atoms with E-state index in [-0.39, 0.29) is 23.4 Å². The van der Waals surface area contributed by atoms with Crippen molar-refractivity contribution in [1.82, 2.24) is 10.2 Å². The summed E-state index contributed by atoms with van der Waals surface area (Å²) in [6.07, 6.45) is 1.10. The lowest BCUT2D eigenvalue weighted by Gasteiger charge is -2.33. The molecule has 0 saturated heterocycles. The first-order valence-electron chi connectivity index (χ1n) is 13.5. The maximum Gasteiger partial charge on any atom is 0.264 e. The van der Waals surface area contributed by atoms with Gasteiger partial charge in [-0.25, -0.2) is 8.42 Å². The summed E-state index contributed by atoms with van der Waals surface area (Å²) in [4.78, 5) is 29.0. The summed E-state index contributed by atoms with van der Waals surface area (Å²) in [7, 11) is -2.51. The summed E-state index contributed by atoms with van der Waals surface area (Å²) >= 11 is 0. The third-order valence-electron chi connectivity index (χ3n) is 6.83. The number of amides is 2. The smallest absolute Gasteiger partial charge is 0.264 e. The maximum atomic E-state index is 14.1. The fourth-order valence-electron chi connectivity index (χ4n) is 4.25. The van der Waals surface area contributed by atoms with E-state index < -0.39 is 28.5 Å². The Morgan fingerprint density at radius 1 is 0.900 bits per heavy atom. The van der Waals surface area contributed by atoms with Crippen LogP contribution in [0, 0.1) is 6.92 Å². The third kappa shape index (κ3) is 7.63. The van der Waals surface area contributed by atoms with Crippen LogP contribution in [0.15, 0.2) is 83.8 Å². The largest absolute Gasteiger partial charge is 0.497 e. The fourth-order valence-corrected chi connectivity index (χ4v) is 5.68. The van der Waals surface area contributed by atoms with Gasteiger partial charge in [-0.3, -0.25) is 13.9 Å². The van der Waals surface area contributed by atoms with E-state index in [0.717, 1.165) is 21.9 Å². The molecule has 0 aliphatic heterocycles. The molecule has 214 valence electrons. The molecule has 8 nitrogen and oxygen atoms in total. The summed E-state index contributed by atoms with van der Waals surface area (Å²) in [6.45, 7) is 7.29. The number of sulfonamides is 1. The van der Waals surface area contributed by atoms with E-state index in [1.54, 1.807) is 61.7 Å². The molecular formula is C31H39N3O5S. The SMILES string of the molecule is CC[C@@H](C)NC(=O)[C@@H](CC)N(Cc1ccc(OC)cc1)C(=O)CN(c1ccc(C)cc1)S(=O)(=O)c1ccccc1. The Labute approximate surface area is 238 Å². The molecular weight excluding hydrogens is 526 g/mol. The van der Waals surface area contributed by atoms with Crippen LogP contribution >= 0.6 is 0 Å². The molecule has 3 aromatic rings. The molecule has 2 atom stereocenters. The zero-order valence-electron chi connectivity index (χ0n) is 23.8. The van der Waals surface area contributed by atoms with Gasteiger partial charge in [-0.2, -0.15) is 0 Å². The Morgan fingerprint density at radius 2 is 1.52 bits per heavy atom. The van der Waals surface area contributed by atoms with Crippen LogP contribution in [0.2, 0.25) is 0 Å². The second-order valence-electron chi connectivity index (χ2n) is 9.77. The predicted octanol–water partition coefficient (Wildman–Crippen LogP) is 4.92. The lowest BCUT2D eigenvalue weighted by atomic mass is 10.1. The van der Waals surface area contributed by atoms with E-state index in [1.165, 1.54) is 17.0 Å². The highest BCUT2D eigenvalue weighted by molar-refractivity contribution is 7.92. The highest BCUT2D eigenvalue weighted by Crippen LogP contribution is 2.25. The van der Waals surface area contributed by atoms with Crippen molar-refractivity contribution in [3.8, 4) is 5.75 Å². The van der Waals surface area contributed by atoms with Crippen LogP contribution in [-0.4, -0.2) is 50.9 Å². The monoisotopic (exact) mass is 565 g/mol. The first-order valence-corrected chi connectivity index (χ1v) is 14.9. The number of nitrogens with one attached hydrogen (secondary N) is 1. The summed E-state index contributed by atoms with van der Waals surface area (Å²) in [5.74, 6) is -0.0868. The normalized spacial score (nSPS) is 12.7. The van der Waals surface area contributed by atoms with Crippen LogP contribution < -0.4 is 14.4 Å². The lowest BCUT2D eigenvalue weighted by Crippen LogP contribution is -2.53. The summed E-state index contributed by atoms with van der Waals surface area (Å²) < 4.78 is 34.0. The van der Waals surface area contributed by atoms with E-state index in [1.807, 2.05) is 39.8 Å². The van der Waals surface area contributed by atoms with E-state index in [9.17, 15) is 18.0 Å². The van der Waals surface area contributed by atoms with Crippen molar-refractivity contribution < 1.29 is 22.7 Å². The fraction of sp³-hybridized carbons (Fsp3) is 0.355. The molecule has 1 N–H and O–H groups in total. The number of anilines is 1. The van der Waals surface area contributed by atoms with Crippen molar-refractivity contribution in [2.45, 2.75) is 64.1 Å². The molecule has 3 aromatic carbocycles. The van der Waals surface area contributed by atoms with Crippen LogP contribution in [0.5, 0.6) is 5.75 Å². The molecule has 9 heteroatoms. The van der Waals surface area contributed by atoms with Crippen LogP contribution in [0.1, 0.15) is 44.7 Å². The zero-order chi connectivity index (χ0) is 29.3. The number of methoxy groups -OCH3 is 1. The van der Waals surface area contributed by atoms with Gasteiger partial charge in [0, 0.05) is 12.6 Å². The molecule has 0 unspecified atom stereocenters. The maximum absolute atomic E-state index is 14.1. The van der Waals surface area contributed by atoms with E-state index in [2.05, 4.69) is 5.32 Å². The van der Waals surface area contributed by atoms with Crippen molar-refractivity contribution in [2.75, 3.05) is 18.0 Å². The number of benzene rings is 3. The number of rotatable bonds is 13. The Morgan fingerprint density at radius 3 is 2.08 bits per heavy atom. The molecule has 0 aliphatic rings. The molecule has 0 fully saturated rings. The zero-order valence-corrected chi connectivity index (χ0v) is 24.6. The minimum absolute atomic E-state index is 0.0676. The molecule has 0 spiro atoms. The third-order valence-corrected chi connectivity index (χ3v) is 8.62. The van der Waals surface area contributed by atoms with Crippen LogP contribution in [0.4, 0.5) is 5.69 Å². The first kappa shape index (κ1) is 30.7. The highest BCUT2D eigenvalue weighted by Gasteiger charge is 2.33. The summed E-state index contributed by atoms with van der Waals surface area (Å²) in [5.41, 5.74) is 2.11. The Hall–Kier alpha value is -3.85. The summed E-state index contributed by atoms with van der Waals surface area (Å²) in [6, 6.07) is 21.4.